The van der Waals surface area contributed by atoms with Gasteiger partial charge in [0.25, 0.3) is 5.91 Å². The topological polar surface area (TPSA) is 59.2 Å². The molecule has 0 aliphatic carbocycles. The molecule has 0 N–H and O–H groups in total. The van der Waals surface area contributed by atoms with Crippen molar-refractivity contribution < 1.29 is 9.21 Å². The van der Waals surface area contributed by atoms with E-state index in [1.54, 1.807) is 30.2 Å². The average molecular weight is 323 g/mol. The molecule has 3 rings (SSSR count). The summed E-state index contributed by atoms with van der Waals surface area (Å²) < 4.78 is 9.22. The zero-order valence-corrected chi connectivity index (χ0v) is 13.2. The summed E-state index contributed by atoms with van der Waals surface area (Å²) in [6.45, 7) is 2.07. The number of anilines is 1. The lowest BCUT2D eigenvalue weighted by atomic mass is 10.2. The highest BCUT2D eigenvalue weighted by molar-refractivity contribution is 7.08. The van der Waals surface area contributed by atoms with Crippen molar-refractivity contribution in [3.63, 3.8) is 0 Å². The van der Waals surface area contributed by atoms with Crippen LogP contribution >= 0.6 is 11.5 Å². The highest BCUT2D eigenvalue weighted by atomic mass is 32.1. The van der Waals surface area contributed by atoms with Crippen molar-refractivity contribution in [2.24, 2.45) is 0 Å². The summed E-state index contributed by atoms with van der Waals surface area (Å²) in [5.41, 5.74) is 2.02. The number of hydrogen-bond donors (Lipinski definition) is 0. The van der Waals surface area contributed by atoms with Gasteiger partial charge in [0.2, 0.25) is 0 Å². The minimum atomic E-state index is -0.178. The van der Waals surface area contributed by atoms with Crippen molar-refractivity contribution in [2.45, 2.75) is 13.5 Å². The Labute approximate surface area is 137 Å². The second kappa shape index (κ2) is 6.46. The van der Waals surface area contributed by atoms with E-state index in [1.807, 2.05) is 24.3 Å². The lowest BCUT2D eigenvalue weighted by molar-refractivity contribution is 0.0986. The first kappa shape index (κ1) is 15.0. The summed E-state index contributed by atoms with van der Waals surface area (Å²) in [5.74, 6) is 3.09. The van der Waals surface area contributed by atoms with Crippen LogP contribution in [0.3, 0.4) is 0 Å². The Bertz CT molecular complexity index is 862. The standard InChI is InChI=1S/C17H13N3O2S/c1-3-13-6-4-7-14(10-13)20(11-15-8-5-9-22-15)17(21)16-12(2)18-19-23-16/h1,4-10H,11H2,2H3. The molecule has 0 bridgehead atoms. The van der Waals surface area contributed by atoms with E-state index in [-0.39, 0.29) is 5.91 Å². The Balaban J connectivity index is 2.01. The van der Waals surface area contributed by atoms with Gasteiger partial charge in [0.15, 0.2) is 0 Å². The quantitative estimate of drug-likeness (QED) is 0.691. The van der Waals surface area contributed by atoms with Gasteiger partial charge in [0, 0.05) is 11.3 Å². The Morgan fingerprint density at radius 1 is 1.39 bits per heavy atom. The van der Waals surface area contributed by atoms with Crippen molar-refractivity contribution >= 4 is 23.1 Å². The van der Waals surface area contributed by atoms with Gasteiger partial charge in [0.1, 0.15) is 10.6 Å². The number of hydrogen-bond acceptors (Lipinski definition) is 5. The second-order valence-electron chi connectivity index (χ2n) is 4.85. The molecule has 6 heteroatoms. The summed E-state index contributed by atoms with van der Waals surface area (Å²) in [4.78, 5) is 15.0. The molecule has 0 fully saturated rings. The van der Waals surface area contributed by atoms with E-state index in [0.29, 0.717) is 34.1 Å². The average Bonchev–Trinajstić information content (AvgIpc) is 3.23. The number of terminal acetylenes is 1. The first-order valence-corrected chi connectivity index (χ1v) is 7.66. The minimum absolute atomic E-state index is 0.178. The van der Waals surface area contributed by atoms with Crippen molar-refractivity contribution in [1.29, 1.82) is 0 Å². The normalized spacial score (nSPS) is 10.3. The van der Waals surface area contributed by atoms with E-state index in [1.165, 1.54) is 0 Å². The summed E-state index contributed by atoms with van der Waals surface area (Å²) >= 11 is 1.08. The third kappa shape index (κ3) is 3.15. The highest BCUT2D eigenvalue weighted by Crippen LogP contribution is 2.23. The fourth-order valence-electron chi connectivity index (χ4n) is 2.15. The Kier molecular flexibility index (Phi) is 4.22. The van der Waals surface area contributed by atoms with E-state index in [0.717, 1.165) is 11.5 Å². The van der Waals surface area contributed by atoms with Crippen LogP contribution in [0.5, 0.6) is 0 Å². The summed E-state index contributed by atoms with van der Waals surface area (Å²) in [6, 6.07) is 10.9. The minimum Gasteiger partial charge on any atom is -0.467 e. The van der Waals surface area contributed by atoms with Crippen LogP contribution in [0.2, 0.25) is 0 Å². The van der Waals surface area contributed by atoms with Gasteiger partial charge in [-0.05, 0) is 48.8 Å². The lowest BCUT2D eigenvalue weighted by Crippen LogP contribution is -2.30. The first-order chi connectivity index (χ1) is 11.2. The van der Waals surface area contributed by atoms with E-state index in [2.05, 4.69) is 15.5 Å². The largest absolute Gasteiger partial charge is 0.467 e. The van der Waals surface area contributed by atoms with Gasteiger partial charge >= 0.3 is 0 Å². The molecular formula is C17H13N3O2S. The van der Waals surface area contributed by atoms with Crippen LogP contribution in [0, 0.1) is 19.3 Å². The van der Waals surface area contributed by atoms with E-state index < -0.39 is 0 Å². The molecule has 0 aliphatic heterocycles. The summed E-state index contributed by atoms with van der Waals surface area (Å²) in [7, 11) is 0. The van der Waals surface area contributed by atoms with Crippen LogP contribution in [0.4, 0.5) is 5.69 Å². The molecule has 3 aromatic rings. The predicted octanol–water partition coefficient (Wildman–Crippen LogP) is 3.27. The van der Waals surface area contributed by atoms with Gasteiger partial charge in [-0.1, -0.05) is 16.5 Å². The third-order valence-corrected chi connectivity index (χ3v) is 4.13. The van der Waals surface area contributed by atoms with Crippen molar-refractivity contribution in [3.8, 4) is 12.3 Å². The van der Waals surface area contributed by atoms with Crippen LogP contribution in [-0.2, 0) is 6.54 Å². The fraction of sp³-hybridized carbons (Fsp3) is 0.118. The maximum absolute atomic E-state index is 12.9. The molecule has 0 unspecified atom stereocenters. The number of benzene rings is 1. The number of carbonyl (C=O) groups is 1. The van der Waals surface area contributed by atoms with E-state index >= 15 is 0 Å². The number of amides is 1. The Morgan fingerprint density at radius 2 is 2.26 bits per heavy atom. The van der Waals surface area contributed by atoms with Gasteiger partial charge in [-0.15, -0.1) is 11.5 Å². The van der Waals surface area contributed by atoms with Crippen molar-refractivity contribution in [1.82, 2.24) is 9.59 Å². The number of carbonyl (C=O) groups excluding carboxylic acids is 1. The molecule has 2 aromatic heterocycles. The molecular weight excluding hydrogens is 310 g/mol. The summed E-state index contributed by atoms with van der Waals surface area (Å²) in [5, 5.41) is 3.91. The third-order valence-electron chi connectivity index (χ3n) is 3.31. The van der Waals surface area contributed by atoms with Crippen LogP contribution in [0.1, 0.15) is 26.7 Å². The molecule has 0 atom stereocenters. The van der Waals surface area contributed by atoms with Gasteiger partial charge in [-0.2, -0.15) is 0 Å². The smallest absolute Gasteiger partial charge is 0.272 e. The molecule has 0 saturated heterocycles. The SMILES string of the molecule is C#Cc1cccc(N(Cc2ccco2)C(=O)c2snnc2C)c1. The molecule has 114 valence electrons. The lowest BCUT2D eigenvalue weighted by Gasteiger charge is -2.21. The first-order valence-electron chi connectivity index (χ1n) is 6.89. The van der Waals surface area contributed by atoms with Gasteiger partial charge in [0.05, 0.1) is 18.5 Å². The van der Waals surface area contributed by atoms with Crippen molar-refractivity contribution in [2.75, 3.05) is 4.90 Å². The number of aromatic nitrogens is 2. The molecule has 0 radical (unpaired) electrons. The molecule has 1 amide bonds. The van der Waals surface area contributed by atoms with Gasteiger partial charge < -0.3 is 4.42 Å². The van der Waals surface area contributed by atoms with Crippen molar-refractivity contribution in [3.05, 3.63) is 64.6 Å². The van der Waals surface area contributed by atoms with Gasteiger partial charge in [-0.25, -0.2) is 0 Å². The molecule has 23 heavy (non-hydrogen) atoms. The molecule has 0 saturated carbocycles. The number of nitrogens with zero attached hydrogens (tertiary/aromatic N) is 3. The molecule has 0 spiro atoms. The highest BCUT2D eigenvalue weighted by Gasteiger charge is 2.23. The molecule has 5 nitrogen and oxygen atoms in total. The van der Waals surface area contributed by atoms with Gasteiger partial charge in [-0.3, -0.25) is 9.69 Å². The molecule has 0 aliphatic rings. The maximum Gasteiger partial charge on any atom is 0.272 e. The van der Waals surface area contributed by atoms with Crippen LogP contribution in [0.25, 0.3) is 0 Å². The number of aryl methyl sites for hydroxylation is 1. The zero-order chi connectivity index (χ0) is 16.2. The predicted molar refractivity (Wildman–Crippen MR) is 88.2 cm³/mol. The Morgan fingerprint density at radius 3 is 2.91 bits per heavy atom. The number of furan rings is 1. The maximum atomic E-state index is 12.9. The summed E-state index contributed by atoms with van der Waals surface area (Å²) in [6.07, 6.45) is 7.04. The Hall–Kier alpha value is -2.91. The fourth-order valence-corrected chi connectivity index (χ4v) is 2.76. The van der Waals surface area contributed by atoms with Crippen LogP contribution < -0.4 is 4.90 Å². The number of rotatable bonds is 4. The monoisotopic (exact) mass is 323 g/mol. The van der Waals surface area contributed by atoms with E-state index in [4.69, 9.17) is 10.8 Å². The molecule has 2 heterocycles. The second-order valence-corrected chi connectivity index (χ2v) is 5.61. The van der Waals surface area contributed by atoms with Crippen LogP contribution in [0.15, 0.2) is 47.1 Å². The van der Waals surface area contributed by atoms with Crippen LogP contribution in [-0.4, -0.2) is 15.5 Å². The zero-order valence-electron chi connectivity index (χ0n) is 12.4. The molecule has 1 aromatic carbocycles. The van der Waals surface area contributed by atoms with E-state index in [9.17, 15) is 4.79 Å².